The smallest absolute Gasteiger partial charge is 0.0991 e. The lowest BCUT2D eigenvalue weighted by Crippen LogP contribution is -1.75. The molecule has 0 aliphatic carbocycles. The highest BCUT2D eigenvalue weighted by atomic mass is 35.5. The van der Waals surface area contributed by atoms with Gasteiger partial charge in [-0.1, -0.05) is 23.7 Å². The molecule has 1 aromatic heterocycles. The van der Waals surface area contributed by atoms with Crippen LogP contribution in [0.3, 0.4) is 0 Å². The fourth-order valence-electron chi connectivity index (χ4n) is 1.20. The summed E-state index contributed by atoms with van der Waals surface area (Å²) in [5, 5.41) is 11.4. The monoisotopic (exact) mass is 219 g/mol. The number of rotatable bonds is 1. The first-order chi connectivity index (χ1) is 6.81. The molecule has 0 amide bonds. The third kappa shape index (κ3) is 1.65. The molecule has 0 atom stereocenters. The second kappa shape index (κ2) is 3.83. The van der Waals surface area contributed by atoms with E-state index in [0.29, 0.717) is 5.56 Å². The Labute approximate surface area is 91.2 Å². The zero-order valence-electron chi connectivity index (χ0n) is 7.20. The number of nitrogens with zero attached hydrogens (tertiary/aromatic N) is 1. The fraction of sp³-hybridized carbons (Fsp3) is 0. The topological polar surface area (TPSA) is 23.8 Å². The average molecular weight is 220 g/mol. The zero-order valence-corrected chi connectivity index (χ0v) is 8.77. The summed E-state index contributed by atoms with van der Waals surface area (Å²) in [4.78, 5) is 1.05. The molecule has 68 valence electrons. The van der Waals surface area contributed by atoms with Crippen molar-refractivity contribution in [2.24, 2.45) is 0 Å². The second-order valence-electron chi connectivity index (χ2n) is 2.79. The van der Waals surface area contributed by atoms with Gasteiger partial charge in [0.1, 0.15) is 0 Å². The summed E-state index contributed by atoms with van der Waals surface area (Å²) in [6.45, 7) is 0. The summed E-state index contributed by atoms with van der Waals surface area (Å²) in [7, 11) is 0. The van der Waals surface area contributed by atoms with Crippen molar-refractivity contribution >= 4 is 22.9 Å². The van der Waals surface area contributed by atoms with Gasteiger partial charge in [-0.2, -0.15) is 5.26 Å². The van der Waals surface area contributed by atoms with Gasteiger partial charge < -0.3 is 0 Å². The van der Waals surface area contributed by atoms with Gasteiger partial charge in [0.15, 0.2) is 0 Å². The van der Waals surface area contributed by atoms with Crippen LogP contribution in [0.2, 0.25) is 5.02 Å². The molecule has 0 aliphatic heterocycles. The van der Waals surface area contributed by atoms with Gasteiger partial charge in [0.25, 0.3) is 0 Å². The second-order valence-corrected chi connectivity index (χ2v) is 4.11. The predicted molar refractivity (Wildman–Crippen MR) is 59.5 cm³/mol. The Balaban J connectivity index is 2.45. The lowest BCUT2D eigenvalue weighted by atomic mass is 10.1. The molecule has 2 aromatic rings. The summed E-state index contributed by atoms with van der Waals surface area (Å²) in [5.74, 6) is 0. The highest BCUT2D eigenvalue weighted by molar-refractivity contribution is 7.14. The molecule has 1 aromatic carbocycles. The lowest BCUT2D eigenvalue weighted by Gasteiger charge is -1.97. The molecule has 0 fully saturated rings. The quantitative estimate of drug-likeness (QED) is 0.713. The van der Waals surface area contributed by atoms with E-state index >= 15 is 0 Å². The minimum absolute atomic E-state index is 0.668. The van der Waals surface area contributed by atoms with E-state index in [9.17, 15) is 0 Å². The SMILES string of the molecule is N#Cc1ccc(-c2sccc2Cl)cc1. The van der Waals surface area contributed by atoms with E-state index in [0.717, 1.165) is 15.5 Å². The molecule has 0 unspecified atom stereocenters. The van der Waals surface area contributed by atoms with Crippen molar-refractivity contribution in [2.45, 2.75) is 0 Å². The van der Waals surface area contributed by atoms with Crippen molar-refractivity contribution in [3.8, 4) is 16.5 Å². The Morgan fingerprint density at radius 3 is 2.36 bits per heavy atom. The largest absolute Gasteiger partial charge is 0.192 e. The van der Waals surface area contributed by atoms with Gasteiger partial charge in [-0.05, 0) is 29.1 Å². The van der Waals surface area contributed by atoms with Gasteiger partial charge in [-0.15, -0.1) is 11.3 Å². The molecule has 0 radical (unpaired) electrons. The highest BCUT2D eigenvalue weighted by Gasteiger charge is 2.03. The van der Waals surface area contributed by atoms with Crippen LogP contribution in [-0.2, 0) is 0 Å². The number of hydrogen-bond donors (Lipinski definition) is 0. The Morgan fingerprint density at radius 1 is 1.14 bits per heavy atom. The molecule has 14 heavy (non-hydrogen) atoms. The molecule has 1 heterocycles. The first-order valence-corrected chi connectivity index (χ1v) is 5.30. The number of hydrogen-bond acceptors (Lipinski definition) is 2. The molecule has 0 saturated carbocycles. The van der Waals surface area contributed by atoms with E-state index in [2.05, 4.69) is 6.07 Å². The van der Waals surface area contributed by atoms with Crippen LogP contribution in [0.15, 0.2) is 35.7 Å². The van der Waals surface area contributed by atoms with Crippen LogP contribution in [0.25, 0.3) is 10.4 Å². The molecule has 3 heteroatoms. The van der Waals surface area contributed by atoms with E-state index in [-0.39, 0.29) is 0 Å². The first-order valence-electron chi connectivity index (χ1n) is 4.05. The molecular weight excluding hydrogens is 214 g/mol. The maximum atomic E-state index is 8.64. The van der Waals surface area contributed by atoms with E-state index in [4.69, 9.17) is 16.9 Å². The molecule has 1 nitrogen and oxygen atoms in total. The first kappa shape index (κ1) is 9.26. The summed E-state index contributed by atoms with van der Waals surface area (Å²) < 4.78 is 0. The lowest BCUT2D eigenvalue weighted by molar-refractivity contribution is 1.49. The average Bonchev–Trinajstić information content (AvgIpc) is 2.65. The van der Waals surface area contributed by atoms with Crippen LogP contribution in [0.4, 0.5) is 0 Å². The van der Waals surface area contributed by atoms with Crippen LogP contribution >= 0.6 is 22.9 Å². The summed E-state index contributed by atoms with van der Waals surface area (Å²) in [6.07, 6.45) is 0. The highest BCUT2D eigenvalue weighted by Crippen LogP contribution is 2.32. The number of thiophene rings is 1. The Hall–Kier alpha value is -1.30. The summed E-state index contributed by atoms with van der Waals surface area (Å²) in [5.41, 5.74) is 1.73. The van der Waals surface area contributed by atoms with Gasteiger partial charge in [0.05, 0.1) is 21.5 Å². The van der Waals surface area contributed by atoms with Gasteiger partial charge in [-0.25, -0.2) is 0 Å². The van der Waals surface area contributed by atoms with E-state index < -0.39 is 0 Å². The molecular formula is C11H6ClNS. The maximum Gasteiger partial charge on any atom is 0.0991 e. The maximum absolute atomic E-state index is 8.64. The minimum Gasteiger partial charge on any atom is -0.192 e. The van der Waals surface area contributed by atoms with Crippen LogP contribution in [-0.4, -0.2) is 0 Å². The molecule has 0 spiro atoms. The van der Waals surface area contributed by atoms with Crippen molar-refractivity contribution in [3.63, 3.8) is 0 Å². The minimum atomic E-state index is 0.668. The Kier molecular flexibility index (Phi) is 2.53. The zero-order chi connectivity index (χ0) is 9.97. The fourth-order valence-corrected chi connectivity index (χ4v) is 2.37. The summed E-state index contributed by atoms with van der Waals surface area (Å²) in [6, 6.07) is 11.4. The van der Waals surface area contributed by atoms with Crippen molar-refractivity contribution < 1.29 is 0 Å². The van der Waals surface area contributed by atoms with Crippen LogP contribution in [0.5, 0.6) is 0 Å². The van der Waals surface area contributed by atoms with E-state index in [1.54, 1.807) is 23.5 Å². The van der Waals surface area contributed by atoms with Crippen LogP contribution in [0, 0.1) is 11.3 Å². The number of halogens is 1. The number of benzene rings is 1. The van der Waals surface area contributed by atoms with Crippen LogP contribution in [0.1, 0.15) is 5.56 Å². The molecule has 0 bridgehead atoms. The molecule has 2 rings (SSSR count). The Morgan fingerprint density at radius 2 is 1.86 bits per heavy atom. The molecule has 0 N–H and O–H groups in total. The van der Waals surface area contributed by atoms with Crippen molar-refractivity contribution in [1.82, 2.24) is 0 Å². The van der Waals surface area contributed by atoms with Gasteiger partial charge >= 0.3 is 0 Å². The van der Waals surface area contributed by atoms with Gasteiger partial charge in [0.2, 0.25) is 0 Å². The van der Waals surface area contributed by atoms with Crippen LogP contribution < -0.4 is 0 Å². The van der Waals surface area contributed by atoms with Crippen molar-refractivity contribution in [2.75, 3.05) is 0 Å². The standard InChI is InChI=1S/C11H6ClNS/c12-10-5-6-14-11(10)9-3-1-8(7-13)2-4-9/h1-6H. The predicted octanol–water partition coefficient (Wildman–Crippen LogP) is 3.94. The van der Waals surface area contributed by atoms with Gasteiger partial charge in [0, 0.05) is 0 Å². The van der Waals surface area contributed by atoms with Gasteiger partial charge in [-0.3, -0.25) is 0 Å². The number of nitriles is 1. The normalized spacial score (nSPS) is 9.71. The third-order valence-corrected chi connectivity index (χ3v) is 3.28. The van der Waals surface area contributed by atoms with E-state index in [1.807, 2.05) is 23.6 Å². The Bertz CT molecular complexity index is 479. The van der Waals surface area contributed by atoms with Crippen molar-refractivity contribution in [1.29, 1.82) is 5.26 Å². The molecule has 0 saturated heterocycles. The summed E-state index contributed by atoms with van der Waals surface area (Å²) >= 11 is 7.59. The third-order valence-electron chi connectivity index (χ3n) is 1.89. The van der Waals surface area contributed by atoms with Crippen molar-refractivity contribution in [3.05, 3.63) is 46.3 Å². The van der Waals surface area contributed by atoms with E-state index in [1.165, 1.54) is 0 Å². The molecule has 0 aliphatic rings.